The zero-order valence-electron chi connectivity index (χ0n) is 12.6. The molecule has 108 valence electrons. The molecular formula is C19H21NO. The first kappa shape index (κ1) is 15.2. The van der Waals surface area contributed by atoms with Crippen LogP contribution in [0.2, 0.25) is 0 Å². The zero-order valence-corrected chi connectivity index (χ0v) is 12.6. The number of benzene rings is 2. The lowest BCUT2D eigenvalue weighted by Gasteiger charge is -2.08. The maximum atomic E-state index is 5.61. The van der Waals surface area contributed by atoms with E-state index < -0.39 is 0 Å². The predicted molar refractivity (Wildman–Crippen MR) is 87.2 cm³/mol. The van der Waals surface area contributed by atoms with Gasteiger partial charge in [0.15, 0.2) is 0 Å². The van der Waals surface area contributed by atoms with Crippen LogP contribution in [0.15, 0.2) is 54.6 Å². The molecule has 0 aromatic heterocycles. The van der Waals surface area contributed by atoms with E-state index in [0.717, 1.165) is 17.9 Å². The van der Waals surface area contributed by atoms with Crippen LogP contribution in [0, 0.1) is 11.8 Å². The first-order valence-corrected chi connectivity index (χ1v) is 7.23. The van der Waals surface area contributed by atoms with Crippen LogP contribution in [0.4, 0.5) is 0 Å². The third-order valence-electron chi connectivity index (χ3n) is 2.96. The lowest BCUT2D eigenvalue weighted by Crippen LogP contribution is -2.21. The van der Waals surface area contributed by atoms with Gasteiger partial charge in [0, 0.05) is 18.2 Å². The highest BCUT2D eigenvalue weighted by molar-refractivity contribution is 5.34. The van der Waals surface area contributed by atoms with E-state index in [1.807, 2.05) is 42.5 Å². The number of nitrogens with one attached hydrogen (secondary N) is 1. The quantitative estimate of drug-likeness (QED) is 0.844. The standard InChI is InChI=1S/C19H21NO/c1-16(2)20-15-18-10-12-19(13-11-18)21-14-6-9-17-7-4-3-5-8-17/h3-5,7-8,10-13,16,20H,14-15H2,1-2H3. The number of rotatable bonds is 5. The second-order valence-corrected chi connectivity index (χ2v) is 5.14. The van der Waals surface area contributed by atoms with E-state index >= 15 is 0 Å². The van der Waals surface area contributed by atoms with Crippen LogP contribution < -0.4 is 10.1 Å². The Morgan fingerprint density at radius 2 is 1.71 bits per heavy atom. The average molecular weight is 279 g/mol. The summed E-state index contributed by atoms with van der Waals surface area (Å²) in [4.78, 5) is 0. The Balaban J connectivity index is 1.80. The largest absolute Gasteiger partial charge is 0.481 e. The van der Waals surface area contributed by atoms with Gasteiger partial charge in [0.1, 0.15) is 12.4 Å². The summed E-state index contributed by atoms with van der Waals surface area (Å²) >= 11 is 0. The van der Waals surface area contributed by atoms with E-state index in [-0.39, 0.29) is 0 Å². The Bertz CT molecular complexity index is 591. The van der Waals surface area contributed by atoms with Crippen molar-refractivity contribution < 1.29 is 4.74 Å². The summed E-state index contributed by atoms with van der Waals surface area (Å²) in [5, 5.41) is 3.39. The molecular weight excluding hydrogens is 258 g/mol. The van der Waals surface area contributed by atoms with Crippen molar-refractivity contribution in [2.75, 3.05) is 6.61 Å². The van der Waals surface area contributed by atoms with Crippen molar-refractivity contribution in [3.63, 3.8) is 0 Å². The lowest BCUT2D eigenvalue weighted by molar-refractivity contribution is 0.370. The molecule has 0 aliphatic carbocycles. The highest BCUT2D eigenvalue weighted by Crippen LogP contribution is 2.12. The predicted octanol–water partition coefficient (Wildman–Crippen LogP) is 3.62. The molecule has 0 bridgehead atoms. The second-order valence-electron chi connectivity index (χ2n) is 5.14. The maximum absolute atomic E-state index is 5.61. The molecule has 2 aromatic rings. The van der Waals surface area contributed by atoms with Crippen LogP contribution >= 0.6 is 0 Å². The molecule has 0 atom stereocenters. The molecule has 0 saturated heterocycles. The topological polar surface area (TPSA) is 21.3 Å². The smallest absolute Gasteiger partial charge is 0.149 e. The van der Waals surface area contributed by atoms with Crippen molar-refractivity contribution in [1.29, 1.82) is 0 Å². The van der Waals surface area contributed by atoms with Gasteiger partial charge in [-0.15, -0.1) is 0 Å². The fourth-order valence-corrected chi connectivity index (χ4v) is 1.80. The molecule has 0 radical (unpaired) electrons. The molecule has 1 N–H and O–H groups in total. The summed E-state index contributed by atoms with van der Waals surface area (Å²) < 4.78 is 5.61. The summed E-state index contributed by atoms with van der Waals surface area (Å²) in [6.45, 7) is 5.57. The molecule has 2 heteroatoms. The molecule has 0 amide bonds. The molecule has 2 rings (SSSR count). The molecule has 0 unspecified atom stereocenters. The third kappa shape index (κ3) is 5.72. The summed E-state index contributed by atoms with van der Waals surface area (Å²) in [7, 11) is 0. The van der Waals surface area contributed by atoms with Crippen LogP contribution in [0.5, 0.6) is 5.75 Å². The molecule has 0 aliphatic rings. The average Bonchev–Trinajstić information content (AvgIpc) is 2.52. The minimum absolute atomic E-state index is 0.401. The Kier molecular flexibility index (Phi) is 5.87. The summed E-state index contributed by atoms with van der Waals surface area (Å²) in [6.07, 6.45) is 0. The summed E-state index contributed by atoms with van der Waals surface area (Å²) in [6, 6.07) is 18.6. The number of ether oxygens (including phenoxy) is 1. The molecule has 0 fully saturated rings. The first-order valence-electron chi connectivity index (χ1n) is 7.23. The number of hydrogen-bond donors (Lipinski definition) is 1. The van der Waals surface area contributed by atoms with Crippen LogP contribution in [-0.4, -0.2) is 12.6 Å². The van der Waals surface area contributed by atoms with Crippen LogP contribution in [-0.2, 0) is 6.54 Å². The van der Waals surface area contributed by atoms with Gasteiger partial charge in [-0.25, -0.2) is 0 Å². The molecule has 2 aromatic carbocycles. The van der Waals surface area contributed by atoms with Gasteiger partial charge in [0.25, 0.3) is 0 Å². The SMILES string of the molecule is CC(C)NCc1ccc(OCC#Cc2ccccc2)cc1. The summed E-state index contributed by atoms with van der Waals surface area (Å²) in [5.41, 5.74) is 2.27. The fourth-order valence-electron chi connectivity index (χ4n) is 1.80. The van der Waals surface area contributed by atoms with E-state index in [1.165, 1.54) is 5.56 Å². The molecule has 0 spiro atoms. The van der Waals surface area contributed by atoms with Crippen molar-refractivity contribution in [2.24, 2.45) is 0 Å². The van der Waals surface area contributed by atoms with Gasteiger partial charge in [-0.3, -0.25) is 0 Å². The normalized spacial score (nSPS) is 10.0. The minimum Gasteiger partial charge on any atom is -0.481 e. The molecule has 2 nitrogen and oxygen atoms in total. The Morgan fingerprint density at radius 1 is 1.00 bits per heavy atom. The first-order chi connectivity index (χ1) is 10.2. The number of hydrogen-bond acceptors (Lipinski definition) is 2. The van der Waals surface area contributed by atoms with Gasteiger partial charge in [-0.1, -0.05) is 56.0 Å². The summed E-state index contributed by atoms with van der Waals surface area (Å²) in [5.74, 6) is 6.95. The van der Waals surface area contributed by atoms with Gasteiger partial charge in [-0.2, -0.15) is 0 Å². The molecule has 0 aliphatic heterocycles. The van der Waals surface area contributed by atoms with Crippen molar-refractivity contribution in [2.45, 2.75) is 26.4 Å². The highest BCUT2D eigenvalue weighted by atomic mass is 16.5. The maximum Gasteiger partial charge on any atom is 0.149 e. The Morgan fingerprint density at radius 3 is 2.38 bits per heavy atom. The lowest BCUT2D eigenvalue weighted by atomic mass is 10.2. The van der Waals surface area contributed by atoms with E-state index in [9.17, 15) is 0 Å². The van der Waals surface area contributed by atoms with E-state index in [2.05, 4.69) is 43.1 Å². The van der Waals surface area contributed by atoms with Crippen LogP contribution in [0.3, 0.4) is 0 Å². The fraction of sp³-hybridized carbons (Fsp3) is 0.263. The van der Waals surface area contributed by atoms with Crippen molar-refractivity contribution >= 4 is 0 Å². The zero-order chi connectivity index (χ0) is 14.9. The van der Waals surface area contributed by atoms with Crippen molar-refractivity contribution in [3.05, 3.63) is 65.7 Å². The Hall–Kier alpha value is -2.24. The van der Waals surface area contributed by atoms with E-state index in [4.69, 9.17) is 4.74 Å². The molecule has 21 heavy (non-hydrogen) atoms. The van der Waals surface area contributed by atoms with Crippen molar-refractivity contribution in [1.82, 2.24) is 5.32 Å². The van der Waals surface area contributed by atoms with Crippen LogP contribution in [0.25, 0.3) is 0 Å². The van der Waals surface area contributed by atoms with Gasteiger partial charge in [-0.05, 0) is 29.8 Å². The third-order valence-corrected chi connectivity index (χ3v) is 2.96. The van der Waals surface area contributed by atoms with Gasteiger partial charge >= 0.3 is 0 Å². The van der Waals surface area contributed by atoms with E-state index in [0.29, 0.717) is 12.6 Å². The van der Waals surface area contributed by atoms with E-state index in [1.54, 1.807) is 0 Å². The Labute approximate surface area is 127 Å². The van der Waals surface area contributed by atoms with Gasteiger partial charge in [0.2, 0.25) is 0 Å². The van der Waals surface area contributed by atoms with Gasteiger partial charge in [0.05, 0.1) is 0 Å². The monoisotopic (exact) mass is 279 g/mol. The highest BCUT2D eigenvalue weighted by Gasteiger charge is 1.96. The minimum atomic E-state index is 0.401. The molecule has 0 saturated carbocycles. The van der Waals surface area contributed by atoms with Gasteiger partial charge < -0.3 is 10.1 Å². The van der Waals surface area contributed by atoms with Crippen molar-refractivity contribution in [3.8, 4) is 17.6 Å². The molecule has 0 heterocycles. The second kappa shape index (κ2) is 8.14. The van der Waals surface area contributed by atoms with Crippen LogP contribution in [0.1, 0.15) is 25.0 Å².